The highest BCUT2D eigenvalue weighted by Gasteiger charge is 1.99. The molecule has 0 aliphatic heterocycles. The fourth-order valence-electron chi connectivity index (χ4n) is 0.972. The van der Waals surface area contributed by atoms with Gasteiger partial charge >= 0.3 is 0 Å². The average molecular weight is 180 g/mol. The van der Waals surface area contributed by atoms with Gasteiger partial charge < -0.3 is 4.74 Å². The van der Waals surface area contributed by atoms with Gasteiger partial charge in [-0.25, -0.2) is 4.39 Å². The van der Waals surface area contributed by atoms with E-state index in [4.69, 9.17) is 4.74 Å². The third-order valence-corrected chi connectivity index (χ3v) is 1.65. The molecular weight excluding hydrogens is 167 g/mol. The Hall–Kier alpha value is -1.31. The minimum Gasteiger partial charge on any atom is -0.491 e. The van der Waals surface area contributed by atoms with Crippen LogP contribution in [0.25, 0.3) is 0 Å². The molecule has 1 rings (SSSR count). The fourth-order valence-corrected chi connectivity index (χ4v) is 0.972. The lowest BCUT2D eigenvalue weighted by Crippen LogP contribution is -1.98. The molecule has 1 nitrogen and oxygen atoms in total. The summed E-state index contributed by atoms with van der Waals surface area (Å²) in [7, 11) is 0. The molecule has 1 aromatic rings. The summed E-state index contributed by atoms with van der Waals surface area (Å²) in [5, 5.41) is 0. The van der Waals surface area contributed by atoms with Gasteiger partial charge in [0.05, 0.1) is 6.61 Å². The van der Waals surface area contributed by atoms with Gasteiger partial charge in [0.1, 0.15) is 0 Å². The van der Waals surface area contributed by atoms with Gasteiger partial charge in [0, 0.05) is 0 Å². The number of hydrogen-bond donors (Lipinski definition) is 0. The second-order valence-electron chi connectivity index (χ2n) is 2.71. The predicted molar refractivity (Wildman–Crippen MR) is 51.3 cm³/mol. The number of hydrogen-bond acceptors (Lipinski definition) is 1. The maximum Gasteiger partial charge on any atom is 0.165 e. The molecule has 0 atom stereocenters. The summed E-state index contributed by atoms with van der Waals surface area (Å²) in [4.78, 5) is 0. The van der Waals surface area contributed by atoms with Crippen LogP contribution in [0.15, 0.2) is 36.9 Å². The fraction of sp³-hybridized carbons (Fsp3) is 0.273. The first-order chi connectivity index (χ1) is 6.34. The van der Waals surface area contributed by atoms with Gasteiger partial charge in [0.25, 0.3) is 0 Å². The Morgan fingerprint density at radius 3 is 2.85 bits per heavy atom. The Balaban J connectivity index is 2.36. The minimum absolute atomic E-state index is 0.305. The molecule has 0 spiro atoms. The van der Waals surface area contributed by atoms with Crippen molar-refractivity contribution in [3.8, 4) is 5.75 Å². The topological polar surface area (TPSA) is 9.23 Å². The number of ether oxygens (including phenoxy) is 1. The standard InChI is InChI=1S/C11H13FO/c1-2-3-6-9-13-11-8-5-4-7-10(11)12/h2,4-5,7-8H,1,3,6,9H2. The van der Waals surface area contributed by atoms with Crippen molar-refractivity contribution in [1.29, 1.82) is 0 Å². The second kappa shape index (κ2) is 5.36. The van der Waals surface area contributed by atoms with Crippen molar-refractivity contribution in [3.05, 3.63) is 42.7 Å². The molecule has 0 fully saturated rings. The van der Waals surface area contributed by atoms with Crippen LogP contribution in [0.2, 0.25) is 0 Å². The summed E-state index contributed by atoms with van der Waals surface area (Å²) >= 11 is 0. The summed E-state index contributed by atoms with van der Waals surface area (Å²) in [5.74, 6) is 0.0210. The smallest absolute Gasteiger partial charge is 0.165 e. The summed E-state index contributed by atoms with van der Waals surface area (Å²) in [5.41, 5.74) is 0. The van der Waals surface area contributed by atoms with E-state index >= 15 is 0 Å². The predicted octanol–water partition coefficient (Wildman–Crippen LogP) is 3.17. The zero-order valence-corrected chi connectivity index (χ0v) is 7.50. The summed E-state index contributed by atoms with van der Waals surface area (Å²) in [6.07, 6.45) is 3.59. The zero-order chi connectivity index (χ0) is 9.52. The first kappa shape index (κ1) is 9.78. The molecule has 1 aromatic carbocycles. The highest BCUT2D eigenvalue weighted by molar-refractivity contribution is 5.23. The van der Waals surface area contributed by atoms with E-state index in [1.54, 1.807) is 18.2 Å². The first-order valence-corrected chi connectivity index (χ1v) is 4.33. The maximum absolute atomic E-state index is 13.0. The third-order valence-electron chi connectivity index (χ3n) is 1.65. The molecular formula is C11H13FO. The van der Waals surface area contributed by atoms with Crippen molar-refractivity contribution in [1.82, 2.24) is 0 Å². The van der Waals surface area contributed by atoms with E-state index in [9.17, 15) is 4.39 Å². The van der Waals surface area contributed by atoms with E-state index in [1.807, 2.05) is 6.08 Å². The van der Waals surface area contributed by atoms with Gasteiger partial charge in [0.15, 0.2) is 11.6 Å². The van der Waals surface area contributed by atoms with E-state index < -0.39 is 0 Å². The van der Waals surface area contributed by atoms with Crippen LogP contribution in [0.4, 0.5) is 4.39 Å². The van der Waals surface area contributed by atoms with Crippen LogP contribution in [-0.4, -0.2) is 6.61 Å². The number of halogens is 1. The molecule has 0 unspecified atom stereocenters. The normalized spacial score (nSPS) is 9.62. The molecule has 0 saturated heterocycles. The van der Waals surface area contributed by atoms with Crippen LogP contribution >= 0.6 is 0 Å². The van der Waals surface area contributed by atoms with Crippen LogP contribution in [-0.2, 0) is 0 Å². The number of allylic oxidation sites excluding steroid dienone is 1. The van der Waals surface area contributed by atoms with Crippen LogP contribution in [0.1, 0.15) is 12.8 Å². The Morgan fingerprint density at radius 1 is 1.38 bits per heavy atom. The largest absolute Gasteiger partial charge is 0.491 e. The van der Waals surface area contributed by atoms with E-state index in [0.29, 0.717) is 12.4 Å². The Bertz CT molecular complexity index is 271. The first-order valence-electron chi connectivity index (χ1n) is 4.33. The van der Waals surface area contributed by atoms with Crippen LogP contribution < -0.4 is 4.74 Å². The SMILES string of the molecule is C=CCCCOc1ccccc1F. The van der Waals surface area contributed by atoms with Crippen LogP contribution in [0.5, 0.6) is 5.75 Å². The summed E-state index contributed by atoms with van der Waals surface area (Å²) < 4.78 is 18.2. The van der Waals surface area contributed by atoms with Crippen molar-refractivity contribution in [2.75, 3.05) is 6.61 Å². The molecule has 13 heavy (non-hydrogen) atoms. The molecule has 0 N–H and O–H groups in total. The molecule has 0 heterocycles. The Labute approximate surface area is 77.8 Å². The van der Waals surface area contributed by atoms with Gasteiger partial charge in [-0.05, 0) is 25.0 Å². The van der Waals surface area contributed by atoms with Crippen LogP contribution in [0.3, 0.4) is 0 Å². The van der Waals surface area contributed by atoms with Crippen molar-refractivity contribution in [2.45, 2.75) is 12.8 Å². The second-order valence-corrected chi connectivity index (χ2v) is 2.71. The zero-order valence-electron chi connectivity index (χ0n) is 7.50. The quantitative estimate of drug-likeness (QED) is 0.499. The minimum atomic E-state index is -0.305. The van der Waals surface area contributed by atoms with Crippen molar-refractivity contribution >= 4 is 0 Å². The highest BCUT2D eigenvalue weighted by Crippen LogP contribution is 2.15. The molecule has 0 aliphatic carbocycles. The lowest BCUT2D eigenvalue weighted by molar-refractivity contribution is 0.296. The summed E-state index contributed by atoms with van der Waals surface area (Å²) in [6, 6.07) is 6.42. The van der Waals surface area contributed by atoms with Gasteiger partial charge in [-0.2, -0.15) is 0 Å². The van der Waals surface area contributed by atoms with E-state index in [2.05, 4.69) is 6.58 Å². The van der Waals surface area contributed by atoms with Crippen LogP contribution in [0, 0.1) is 5.82 Å². The van der Waals surface area contributed by atoms with Gasteiger partial charge in [0.2, 0.25) is 0 Å². The maximum atomic E-state index is 13.0. The number of benzene rings is 1. The van der Waals surface area contributed by atoms with Gasteiger partial charge in [-0.1, -0.05) is 18.2 Å². The van der Waals surface area contributed by atoms with E-state index in [-0.39, 0.29) is 5.82 Å². The summed E-state index contributed by atoms with van der Waals surface area (Å²) in [6.45, 7) is 4.13. The molecule has 0 saturated carbocycles. The van der Waals surface area contributed by atoms with E-state index in [0.717, 1.165) is 12.8 Å². The van der Waals surface area contributed by atoms with Crippen molar-refractivity contribution in [2.24, 2.45) is 0 Å². The number of para-hydroxylation sites is 1. The monoisotopic (exact) mass is 180 g/mol. The molecule has 0 bridgehead atoms. The molecule has 0 radical (unpaired) electrons. The average Bonchev–Trinajstić information content (AvgIpc) is 2.15. The highest BCUT2D eigenvalue weighted by atomic mass is 19.1. The number of rotatable bonds is 5. The van der Waals surface area contributed by atoms with Crippen molar-refractivity contribution < 1.29 is 9.13 Å². The lowest BCUT2D eigenvalue weighted by atomic mass is 10.3. The molecule has 0 amide bonds. The van der Waals surface area contributed by atoms with Gasteiger partial charge in [-0.15, -0.1) is 6.58 Å². The lowest BCUT2D eigenvalue weighted by Gasteiger charge is -2.05. The number of unbranched alkanes of at least 4 members (excludes halogenated alkanes) is 1. The molecule has 70 valence electrons. The third kappa shape index (κ3) is 3.28. The Kier molecular flexibility index (Phi) is 4.03. The Morgan fingerprint density at radius 2 is 2.15 bits per heavy atom. The van der Waals surface area contributed by atoms with Gasteiger partial charge in [-0.3, -0.25) is 0 Å². The van der Waals surface area contributed by atoms with E-state index in [1.165, 1.54) is 6.07 Å². The molecule has 0 aromatic heterocycles. The molecule has 0 aliphatic rings. The molecule has 2 heteroatoms. The van der Waals surface area contributed by atoms with Crippen molar-refractivity contribution in [3.63, 3.8) is 0 Å².